The maximum Gasteiger partial charge on any atom is 0.165 e. The summed E-state index contributed by atoms with van der Waals surface area (Å²) in [6, 6.07) is 4.75. The lowest BCUT2D eigenvalue weighted by Crippen LogP contribution is -2.28. The molecule has 1 aromatic rings. The molecule has 17 heavy (non-hydrogen) atoms. The molecular weight excluding hydrogens is 226 g/mol. The van der Waals surface area contributed by atoms with Crippen LogP contribution >= 0.6 is 0 Å². The van der Waals surface area contributed by atoms with Crippen LogP contribution in [0.4, 0.5) is 8.78 Å². The Labute approximate surface area is 99.0 Å². The highest BCUT2D eigenvalue weighted by Gasteiger charge is 2.08. The zero-order valence-electron chi connectivity index (χ0n) is 9.54. The van der Waals surface area contributed by atoms with Gasteiger partial charge in [-0.2, -0.15) is 5.26 Å². The van der Waals surface area contributed by atoms with Crippen molar-refractivity contribution in [1.82, 2.24) is 5.32 Å². The SMILES string of the molecule is CCNC(C#N)CCOc1cc(F)ccc1F. The number of nitriles is 1. The molecule has 1 unspecified atom stereocenters. The third kappa shape index (κ3) is 4.37. The van der Waals surface area contributed by atoms with Crippen LogP contribution in [0.1, 0.15) is 13.3 Å². The summed E-state index contributed by atoms with van der Waals surface area (Å²) in [5.74, 6) is -1.29. The molecule has 0 aliphatic rings. The van der Waals surface area contributed by atoms with Gasteiger partial charge in [0.05, 0.1) is 18.7 Å². The molecule has 0 saturated carbocycles. The first kappa shape index (κ1) is 13.4. The van der Waals surface area contributed by atoms with E-state index in [1.807, 2.05) is 6.92 Å². The fraction of sp³-hybridized carbons (Fsp3) is 0.417. The predicted molar refractivity (Wildman–Crippen MR) is 59.5 cm³/mol. The van der Waals surface area contributed by atoms with E-state index in [4.69, 9.17) is 10.00 Å². The Bertz CT molecular complexity index is 404. The van der Waals surface area contributed by atoms with E-state index >= 15 is 0 Å². The Kier molecular flexibility index (Phi) is 5.37. The second-order valence-electron chi connectivity index (χ2n) is 3.45. The normalized spacial score (nSPS) is 11.9. The van der Waals surface area contributed by atoms with Gasteiger partial charge < -0.3 is 10.1 Å². The summed E-state index contributed by atoms with van der Waals surface area (Å²) in [5, 5.41) is 11.7. The largest absolute Gasteiger partial charge is 0.490 e. The summed E-state index contributed by atoms with van der Waals surface area (Å²) in [5.41, 5.74) is 0. The van der Waals surface area contributed by atoms with Crippen LogP contribution in [0.3, 0.4) is 0 Å². The molecule has 0 fully saturated rings. The summed E-state index contributed by atoms with van der Waals surface area (Å²) in [7, 11) is 0. The van der Waals surface area contributed by atoms with Gasteiger partial charge in [-0.1, -0.05) is 6.92 Å². The highest BCUT2D eigenvalue weighted by Crippen LogP contribution is 2.18. The Morgan fingerprint density at radius 2 is 2.24 bits per heavy atom. The van der Waals surface area contributed by atoms with Gasteiger partial charge in [0.15, 0.2) is 11.6 Å². The van der Waals surface area contributed by atoms with E-state index in [9.17, 15) is 8.78 Å². The van der Waals surface area contributed by atoms with E-state index in [-0.39, 0.29) is 18.4 Å². The van der Waals surface area contributed by atoms with Crippen molar-refractivity contribution in [2.75, 3.05) is 13.2 Å². The first-order chi connectivity index (χ1) is 8.17. The molecule has 0 aliphatic heterocycles. The lowest BCUT2D eigenvalue weighted by atomic mass is 10.2. The van der Waals surface area contributed by atoms with Gasteiger partial charge >= 0.3 is 0 Å². The molecule has 0 heterocycles. The van der Waals surface area contributed by atoms with E-state index in [1.165, 1.54) is 0 Å². The zero-order chi connectivity index (χ0) is 12.7. The van der Waals surface area contributed by atoms with Crippen molar-refractivity contribution in [3.8, 4) is 11.8 Å². The number of benzene rings is 1. The Hall–Kier alpha value is -1.67. The van der Waals surface area contributed by atoms with Crippen LogP contribution in [0.25, 0.3) is 0 Å². The van der Waals surface area contributed by atoms with Gasteiger partial charge in [-0.25, -0.2) is 8.78 Å². The lowest BCUT2D eigenvalue weighted by molar-refractivity contribution is 0.283. The van der Waals surface area contributed by atoms with E-state index in [1.54, 1.807) is 0 Å². The van der Waals surface area contributed by atoms with E-state index in [0.29, 0.717) is 13.0 Å². The number of ether oxygens (including phenoxy) is 1. The van der Waals surface area contributed by atoms with Gasteiger partial charge in [0.2, 0.25) is 0 Å². The molecular formula is C12H14F2N2O. The Morgan fingerprint density at radius 1 is 1.47 bits per heavy atom. The summed E-state index contributed by atoms with van der Waals surface area (Å²) in [6.45, 7) is 2.72. The summed E-state index contributed by atoms with van der Waals surface area (Å²) in [6.07, 6.45) is 0.417. The third-order valence-corrected chi connectivity index (χ3v) is 2.16. The summed E-state index contributed by atoms with van der Waals surface area (Å²) in [4.78, 5) is 0. The molecule has 92 valence electrons. The lowest BCUT2D eigenvalue weighted by Gasteiger charge is -2.11. The van der Waals surface area contributed by atoms with Crippen LogP contribution in [0.5, 0.6) is 5.75 Å². The van der Waals surface area contributed by atoms with Crippen molar-refractivity contribution >= 4 is 0 Å². The fourth-order valence-corrected chi connectivity index (χ4v) is 1.33. The number of halogens is 2. The summed E-state index contributed by atoms with van der Waals surface area (Å²) < 4.78 is 31.1. The highest BCUT2D eigenvalue weighted by molar-refractivity contribution is 5.24. The number of hydrogen-bond acceptors (Lipinski definition) is 3. The van der Waals surface area contributed by atoms with Gasteiger partial charge in [0.25, 0.3) is 0 Å². The van der Waals surface area contributed by atoms with Gasteiger partial charge in [-0.3, -0.25) is 0 Å². The minimum absolute atomic E-state index is 0.127. The smallest absolute Gasteiger partial charge is 0.165 e. The first-order valence-corrected chi connectivity index (χ1v) is 5.38. The van der Waals surface area contributed by atoms with Crippen molar-refractivity contribution in [3.63, 3.8) is 0 Å². The second kappa shape index (κ2) is 6.81. The molecule has 0 aliphatic carbocycles. The summed E-state index contributed by atoms with van der Waals surface area (Å²) >= 11 is 0. The Morgan fingerprint density at radius 3 is 2.88 bits per heavy atom. The van der Waals surface area contributed by atoms with E-state index < -0.39 is 11.6 Å². The van der Waals surface area contributed by atoms with Crippen LogP contribution in [0.2, 0.25) is 0 Å². The maximum atomic E-state index is 13.2. The van der Waals surface area contributed by atoms with E-state index in [2.05, 4.69) is 11.4 Å². The van der Waals surface area contributed by atoms with Crippen molar-refractivity contribution in [2.45, 2.75) is 19.4 Å². The van der Waals surface area contributed by atoms with Crippen molar-refractivity contribution in [2.24, 2.45) is 0 Å². The molecule has 0 spiro atoms. The molecule has 1 atom stereocenters. The minimum Gasteiger partial charge on any atom is -0.490 e. The molecule has 0 saturated heterocycles. The first-order valence-electron chi connectivity index (χ1n) is 5.38. The standard InChI is InChI=1S/C12H14F2N2O/c1-2-16-10(8-15)5-6-17-12-7-9(13)3-4-11(12)14/h3-4,7,10,16H,2,5-6H2,1H3. The molecule has 0 amide bonds. The maximum absolute atomic E-state index is 13.2. The average Bonchev–Trinajstić information content (AvgIpc) is 2.32. The van der Waals surface area contributed by atoms with Crippen LogP contribution in [0, 0.1) is 23.0 Å². The molecule has 0 aromatic heterocycles. The van der Waals surface area contributed by atoms with Crippen molar-refractivity contribution in [3.05, 3.63) is 29.8 Å². The monoisotopic (exact) mass is 240 g/mol. The number of hydrogen-bond donors (Lipinski definition) is 1. The molecule has 1 rings (SSSR count). The second-order valence-corrected chi connectivity index (χ2v) is 3.45. The zero-order valence-corrected chi connectivity index (χ0v) is 9.54. The predicted octanol–water partition coefficient (Wildman–Crippen LogP) is 2.24. The fourth-order valence-electron chi connectivity index (χ4n) is 1.33. The van der Waals surface area contributed by atoms with E-state index in [0.717, 1.165) is 18.2 Å². The molecule has 1 N–H and O–H groups in total. The molecule has 0 radical (unpaired) electrons. The van der Waals surface area contributed by atoms with Gasteiger partial charge in [-0.15, -0.1) is 0 Å². The van der Waals surface area contributed by atoms with Crippen LogP contribution in [-0.2, 0) is 0 Å². The number of nitrogens with zero attached hydrogens (tertiary/aromatic N) is 1. The highest BCUT2D eigenvalue weighted by atomic mass is 19.1. The van der Waals surface area contributed by atoms with Crippen LogP contribution in [0.15, 0.2) is 18.2 Å². The Balaban J connectivity index is 2.45. The van der Waals surface area contributed by atoms with Crippen LogP contribution in [-0.4, -0.2) is 19.2 Å². The molecule has 0 bridgehead atoms. The number of rotatable bonds is 6. The molecule has 5 heteroatoms. The van der Waals surface area contributed by atoms with Crippen molar-refractivity contribution in [1.29, 1.82) is 5.26 Å². The minimum atomic E-state index is -0.608. The quantitative estimate of drug-likeness (QED) is 0.829. The average molecular weight is 240 g/mol. The van der Waals surface area contributed by atoms with Gasteiger partial charge in [-0.05, 0) is 18.7 Å². The molecule has 1 aromatic carbocycles. The number of nitrogens with one attached hydrogen (secondary N) is 1. The van der Waals surface area contributed by atoms with Gasteiger partial charge in [0.1, 0.15) is 5.82 Å². The van der Waals surface area contributed by atoms with Crippen molar-refractivity contribution < 1.29 is 13.5 Å². The van der Waals surface area contributed by atoms with Gasteiger partial charge in [0, 0.05) is 12.5 Å². The van der Waals surface area contributed by atoms with Crippen LogP contribution < -0.4 is 10.1 Å². The molecule has 3 nitrogen and oxygen atoms in total. The third-order valence-electron chi connectivity index (χ3n) is 2.16. The topological polar surface area (TPSA) is 45.0 Å².